The van der Waals surface area contributed by atoms with E-state index >= 15 is 0 Å². The van der Waals surface area contributed by atoms with E-state index in [0.717, 1.165) is 16.6 Å². The molecule has 0 saturated carbocycles. The van der Waals surface area contributed by atoms with Gasteiger partial charge in [-0.25, -0.2) is 4.98 Å². The van der Waals surface area contributed by atoms with Crippen LogP contribution in [0.25, 0.3) is 22.1 Å². The van der Waals surface area contributed by atoms with E-state index in [0.29, 0.717) is 23.2 Å². The normalized spacial score (nSPS) is 10.7. The molecule has 144 valence electrons. The summed E-state index contributed by atoms with van der Waals surface area (Å²) in [6, 6.07) is 14.9. The third kappa shape index (κ3) is 3.68. The van der Waals surface area contributed by atoms with E-state index < -0.39 is 11.1 Å². The molecule has 2 aromatic carbocycles. The highest BCUT2D eigenvalue weighted by atomic mass is 79.9. The Morgan fingerprint density at radius 2 is 1.43 bits per heavy atom. The van der Waals surface area contributed by atoms with E-state index in [1.165, 1.54) is 4.57 Å². The monoisotopic (exact) mass is 442 g/mol. The average molecular weight is 443 g/mol. The second kappa shape index (κ2) is 8.35. The Morgan fingerprint density at radius 1 is 0.857 bits per heavy atom. The summed E-state index contributed by atoms with van der Waals surface area (Å²) in [6.07, 6.45) is 0. The number of H-pyrrole nitrogens is 1. The molecule has 1 N–H and O–H groups in total. The summed E-state index contributed by atoms with van der Waals surface area (Å²) < 4.78 is 3.54. The van der Waals surface area contributed by atoms with Crippen LogP contribution >= 0.6 is 15.9 Å². The average Bonchev–Trinajstić information content (AvgIpc) is 2.70. The van der Waals surface area contributed by atoms with Crippen LogP contribution in [-0.2, 0) is 13.1 Å². The van der Waals surface area contributed by atoms with Gasteiger partial charge in [0.05, 0.1) is 22.1 Å². The van der Waals surface area contributed by atoms with Crippen molar-refractivity contribution < 1.29 is 0 Å². The van der Waals surface area contributed by atoms with Gasteiger partial charge in [0.15, 0.2) is 4.60 Å². The lowest BCUT2D eigenvalue weighted by molar-refractivity contribution is 0.744. The van der Waals surface area contributed by atoms with Crippen molar-refractivity contribution in [2.45, 2.75) is 26.9 Å². The van der Waals surface area contributed by atoms with Gasteiger partial charge in [0.25, 0.3) is 5.56 Å². The summed E-state index contributed by atoms with van der Waals surface area (Å²) in [4.78, 5) is 41.0. The van der Waals surface area contributed by atoms with E-state index in [2.05, 4.69) is 25.9 Å². The summed E-state index contributed by atoms with van der Waals surface area (Å²) in [5.41, 5.74) is 2.03. The van der Waals surface area contributed by atoms with Crippen molar-refractivity contribution in [1.82, 2.24) is 19.1 Å². The lowest BCUT2D eigenvalue weighted by atomic mass is 10.3. The second-order valence-corrected chi connectivity index (χ2v) is 6.71. The van der Waals surface area contributed by atoms with Crippen LogP contribution in [-0.4, -0.2) is 19.1 Å². The molecule has 0 spiro atoms. The number of aryl methyl sites for hydroxylation is 2. The highest BCUT2D eigenvalue weighted by Crippen LogP contribution is 2.11. The van der Waals surface area contributed by atoms with Crippen molar-refractivity contribution >= 4 is 38.0 Å². The van der Waals surface area contributed by atoms with Gasteiger partial charge in [0, 0.05) is 13.1 Å². The van der Waals surface area contributed by atoms with Gasteiger partial charge in [-0.2, -0.15) is 0 Å². The predicted octanol–water partition coefficient (Wildman–Crippen LogP) is 2.89. The molecule has 0 fully saturated rings. The van der Waals surface area contributed by atoms with Crippen molar-refractivity contribution in [3.63, 3.8) is 0 Å². The van der Waals surface area contributed by atoms with E-state index in [9.17, 15) is 14.4 Å². The van der Waals surface area contributed by atoms with E-state index in [-0.39, 0.29) is 5.56 Å². The van der Waals surface area contributed by atoms with Crippen molar-refractivity contribution in [3.8, 4) is 0 Å². The number of hydrogen-bond acceptors (Lipinski definition) is 4. The molecule has 0 amide bonds. The van der Waals surface area contributed by atoms with E-state index in [4.69, 9.17) is 0 Å². The molecule has 0 radical (unpaired) electrons. The van der Waals surface area contributed by atoms with Gasteiger partial charge in [-0.1, -0.05) is 24.3 Å². The Balaban J connectivity index is 0.000000161. The smallest absolute Gasteiger partial charge is 0.316 e. The summed E-state index contributed by atoms with van der Waals surface area (Å²) in [6.45, 7) is 4.94. The minimum absolute atomic E-state index is 0.0776. The van der Waals surface area contributed by atoms with Gasteiger partial charge in [-0.3, -0.25) is 14.4 Å². The molecule has 0 aliphatic heterocycles. The van der Waals surface area contributed by atoms with Crippen molar-refractivity contribution in [2.24, 2.45) is 0 Å². The Hall–Kier alpha value is -3.00. The molecule has 0 aliphatic carbocycles. The van der Waals surface area contributed by atoms with Crippen LogP contribution < -0.4 is 16.7 Å². The SMILES string of the molecule is CCn1c(=O)c(=O)[nH]c2ccccc21.CCn1c(=O)c(Br)nc2ccccc21. The molecule has 7 nitrogen and oxygen atoms in total. The molecule has 0 bridgehead atoms. The highest BCUT2D eigenvalue weighted by molar-refractivity contribution is 9.10. The maximum atomic E-state index is 11.7. The van der Waals surface area contributed by atoms with Gasteiger partial charge in [-0.15, -0.1) is 0 Å². The molecule has 28 heavy (non-hydrogen) atoms. The first kappa shape index (κ1) is 19.8. The topological polar surface area (TPSA) is 89.8 Å². The van der Waals surface area contributed by atoms with Crippen LogP contribution in [0.15, 0.2) is 67.5 Å². The fourth-order valence-corrected chi connectivity index (χ4v) is 3.42. The number of benzene rings is 2. The van der Waals surface area contributed by atoms with E-state index in [1.807, 2.05) is 56.3 Å². The number of hydrogen-bond donors (Lipinski definition) is 1. The van der Waals surface area contributed by atoms with Crippen LogP contribution in [0.3, 0.4) is 0 Å². The zero-order chi connectivity index (χ0) is 20.3. The summed E-state index contributed by atoms with van der Waals surface area (Å²) in [5.74, 6) is 0. The number of halogens is 1. The van der Waals surface area contributed by atoms with Crippen LogP contribution in [0.1, 0.15) is 13.8 Å². The Kier molecular flexibility index (Phi) is 5.89. The van der Waals surface area contributed by atoms with Crippen molar-refractivity contribution in [2.75, 3.05) is 0 Å². The zero-order valence-electron chi connectivity index (χ0n) is 15.5. The standard InChI is InChI=1S/C10H9BrN2O.C10H10N2O2/c1-2-13-8-6-4-3-5-7(8)12-9(11)10(13)14;1-2-12-8-6-4-3-5-7(8)11-9(13)10(12)14/h3-6H,2H2,1H3;3-6H,2H2,1H3,(H,11,13). The Bertz CT molecular complexity index is 1320. The summed E-state index contributed by atoms with van der Waals surface area (Å²) in [7, 11) is 0. The van der Waals surface area contributed by atoms with E-state index in [1.54, 1.807) is 10.6 Å². The number of para-hydroxylation sites is 4. The van der Waals surface area contributed by atoms with Gasteiger partial charge in [0.1, 0.15) is 0 Å². The lowest BCUT2D eigenvalue weighted by Gasteiger charge is -2.06. The number of aromatic amines is 1. The predicted molar refractivity (Wildman–Crippen MR) is 114 cm³/mol. The minimum atomic E-state index is -0.564. The molecular weight excluding hydrogens is 424 g/mol. The first-order valence-corrected chi connectivity index (χ1v) is 9.64. The van der Waals surface area contributed by atoms with Crippen molar-refractivity contribution in [1.29, 1.82) is 0 Å². The van der Waals surface area contributed by atoms with Crippen LogP contribution in [0, 0.1) is 0 Å². The maximum absolute atomic E-state index is 11.7. The molecule has 0 atom stereocenters. The number of rotatable bonds is 2. The largest absolute Gasteiger partial charge is 0.316 e. The lowest BCUT2D eigenvalue weighted by Crippen LogP contribution is -2.35. The molecule has 0 unspecified atom stereocenters. The third-order valence-electron chi connectivity index (χ3n) is 4.33. The fourth-order valence-electron chi connectivity index (χ4n) is 3.01. The first-order chi connectivity index (χ1) is 13.5. The van der Waals surface area contributed by atoms with Gasteiger partial charge >= 0.3 is 11.1 Å². The molecule has 4 rings (SSSR count). The van der Waals surface area contributed by atoms with Crippen LogP contribution in [0.2, 0.25) is 0 Å². The summed E-state index contributed by atoms with van der Waals surface area (Å²) in [5, 5.41) is 0. The Labute approximate surface area is 168 Å². The molecule has 8 heteroatoms. The minimum Gasteiger partial charge on any atom is -0.316 e. The van der Waals surface area contributed by atoms with Crippen LogP contribution in [0.4, 0.5) is 0 Å². The highest BCUT2D eigenvalue weighted by Gasteiger charge is 2.06. The number of aromatic nitrogens is 4. The molecule has 2 aromatic heterocycles. The molecule has 0 saturated heterocycles. The number of nitrogens with zero attached hydrogens (tertiary/aromatic N) is 3. The second-order valence-electron chi connectivity index (χ2n) is 5.96. The Morgan fingerprint density at radius 3 is 2.11 bits per heavy atom. The first-order valence-electron chi connectivity index (χ1n) is 8.84. The van der Waals surface area contributed by atoms with Gasteiger partial charge in [0.2, 0.25) is 0 Å². The van der Waals surface area contributed by atoms with Gasteiger partial charge < -0.3 is 14.1 Å². The van der Waals surface area contributed by atoms with Crippen molar-refractivity contribution in [3.05, 3.63) is 84.2 Å². The van der Waals surface area contributed by atoms with Crippen LogP contribution in [0.5, 0.6) is 0 Å². The molecule has 4 aromatic rings. The number of nitrogens with one attached hydrogen (secondary N) is 1. The zero-order valence-corrected chi connectivity index (χ0v) is 17.1. The number of fused-ring (bicyclic) bond motifs is 2. The van der Waals surface area contributed by atoms with Gasteiger partial charge in [-0.05, 0) is 54.0 Å². The fraction of sp³-hybridized carbons (Fsp3) is 0.200. The maximum Gasteiger partial charge on any atom is 0.316 e. The molecule has 0 aliphatic rings. The quantitative estimate of drug-likeness (QED) is 0.483. The summed E-state index contributed by atoms with van der Waals surface area (Å²) >= 11 is 3.16. The third-order valence-corrected chi connectivity index (χ3v) is 4.84. The molecule has 2 heterocycles. The molecular formula is C20H19BrN4O3.